The van der Waals surface area contributed by atoms with Crippen LogP contribution in [0.5, 0.6) is 0 Å². The van der Waals surface area contributed by atoms with Crippen molar-refractivity contribution in [1.82, 2.24) is 24.2 Å². The van der Waals surface area contributed by atoms with Gasteiger partial charge in [0.25, 0.3) is 0 Å². The van der Waals surface area contributed by atoms with E-state index in [0.717, 1.165) is 78.2 Å². The van der Waals surface area contributed by atoms with Crippen molar-refractivity contribution < 1.29 is 18.0 Å². The van der Waals surface area contributed by atoms with E-state index in [1.807, 2.05) is 43.5 Å². The molecule has 1 aliphatic rings. The van der Waals surface area contributed by atoms with Crippen LogP contribution in [0.3, 0.4) is 0 Å². The maximum atomic E-state index is 13.1. The maximum Gasteiger partial charge on any atom is 0.416 e. The number of carbonyl (C=O) groups excluding carboxylic acids is 1. The summed E-state index contributed by atoms with van der Waals surface area (Å²) in [5.74, 6) is 1.15. The molecular weight excluding hydrogens is 557 g/mol. The fourth-order valence-corrected chi connectivity index (χ4v) is 5.59. The highest BCUT2D eigenvalue weighted by Crippen LogP contribution is 2.37. The third-order valence-electron chi connectivity index (χ3n) is 7.78. The van der Waals surface area contributed by atoms with Gasteiger partial charge in [0.15, 0.2) is 0 Å². The second-order valence-electron chi connectivity index (χ2n) is 10.8. The van der Waals surface area contributed by atoms with Gasteiger partial charge < -0.3 is 21.3 Å². The molecule has 5 aromatic rings. The van der Waals surface area contributed by atoms with Gasteiger partial charge in [0, 0.05) is 49.4 Å². The summed E-state index contributed by atoms with van der Waals surface area (Å²) in [7, 11) is 2.13. The minimum atomic E-state index is -4.51. The predicted molar refractivity (Wildman–Crippen MR) is 162 cm³/mol. The highest BCUT2D eigenvalue weighted by Gasteiger charge is 2.30. The van der Waals surface area contributed by atoms with Crippen LogP contribution in [-0.4, -0.2) is 63.4 Å². The Morgan fingerprint density at radius 1 is 0.977 bits per heavy atom. The van der Waals surface area contributed by atoms with Crippen molar-refractivity contribution in [2.24, 2.45) is 0 Å². The summed E-state index contributed by atoms with van der Waals surface area (Å²) in [5, 5.41) is 6.83. The number of rotatable bonds is 5. The van der Waals surface area contributed by atoms with Crippen LogP contribution < -0.4 is 16.4 Å². The van der Waals surface area contributed by atoms with Gasteiger partial charge in [0.1, 0.15) is 22.9 Å². The number of benzene rings is 3. The van der Waals surface area contributed by atoms with Crippen LogP contribution >= 0.6 is 0 Å². The number of anilines is 3. The van der Waals surface area contributed by atoms with Crippen molar-refractivity contribution in [3.8, 4) is 11.3 Å². The minimum absolute atomic E-state index is 0.0311. The van der Waals surface area contributed by atoms with E-state index in [4.69, 9.17) is 10.7 Å². The minimum Gasteiger partial charge on any atom is -0.382 e. The van der Waals surface area contributed by atoms with Gasteiger partial charge in [0.2, 0.25) is 0 Å². The van der Waals surface area contributed by atoms with Crippen LogP contribution in [0.25, 0.3) is 27.5 Å². The average molecular weight is 589 g/mol. The van der Waals surface area contributed by atoms with Crippen LogP contribution in [0.4, 0.5) is 35.2 Å². The number of carbonyl (C=O) groups is 1. The number of hydrogen-bond acceptors (Lipinski definition) is 6. The van der Waals surface area contributed by atoms with E-state index >= 15 is 0 Å². The van der Waals surface area contributed by atoms with Gasteiger partial charge in [-0.3, -0.25) is 9.30 Å². The first-order valence-corrected chi connectivity index (χ1v) is 13.9. The van der Waals surface area contributed by atoms with Crippen molar-refractivity contribution in [2.45, 2.75) is 19.6 Å². The lowest BCUT2D eigenvalue weighted by molar-refractivity contribution is -0.137. The molecule has 2 amide bonds. The first-order valence-electron chi connectivity index (χ1n) is 13.9. The molecule has 43 heavy (non-hydrogen) atoms. The SMILES string of the molecule is Cc1nc(-c2ccc(NC(=O)Nc3cccc(C(F)(F)F)c3)c3ccccc23)c2c(N)ncc(CN3CCN(C)CC3)n12. The molecule has 3 aromatic carbocycles. The first kappa shape index (κ1) is 28.4. The fraction of sp³-hybridized carbons (Fsp3) is 0.258. The Labute approximate surface area is 246 Å². The van der Waals surface area contributed by atoms with Crippen molar-refractivity contribution in [1.29, 1.82) is 0 Å². The molecular formula is C31H31F3N8O. The van der Waals surface area contributed by atoms with E-state index in [1.54, 1.807) is 6.07 Å². The number of halogens is 3. The molecule has 222 valence electrons. The summed E-state index contributed by atoms with van der Waals surface area (Å²) in [4.78, 5) is 27.0. The molecule has 1 aliphatic heterocycles. The maximum absolute atomic E-state index is 13.1. The van der Waals surface area contributed by atoms with Crippen molar-refractivity contribution in [2.75, 3.05) is 49.6 Å². The molecule has 0 aliphatic carbocycles. The van der Waals surface area contributed by atoms with Crippen LogP contribution in [-0.2, 0) is 12.7 Å². The van der Waals surface area contributed by atoms with E-state index in [1.165, 1.54) is 12.1 Å². The molecule has 9 nitrogen and oxygen atoms in total. The number of piperazine rings is 1. The van der Waals surface area contributed by atoms with Gasteiger partial charge >= 0.3 is 12.2 Å². The summed E-state index contributed by atoms with van der Waals surface area (Å²) in [6.45, 7) is 6.60. The molecule has 0 saturated carbocycles. The number of nitrogens with two attached hydrogens (primary N) is 1. The number of urea groups is 1. The molecule has 4 N–H and O–H groups in total. The quantitative estimate of drug-likeness (QED) is 0.238. The van der Waals surface area contributed by atoms with Gasteiger partial charge in [0.05, 0.1) is 23.1 Å². The Kier molecular flexibility index (Phi) is 7.40. The lowest BCUT2D eigenvalue weighted by Gasteiger charge is -2.32. The number of amides is 2. The molecule has 2 aromatic heterocycles. The van der Waals surface area contributed by atoms with Crippen molar-refractivity contribution in [3.05, 3.63) is 83.9 Å². The number of imidazole rings is 1. The molecule has 6 rings (SSSR count). The second kappa shape index (κ2) is 11.2. The number of alkyl halides is 3. The van der Waals surface area contributed by atoms with Gasteiger partial charge in [-0.15, -0.1) is 0 Å². The van der Waals surface area contributed by atoms with Gasteiger partial charge in [-0.2, -0.15) is 13.2 Å². The zero-order chi connectivity index (χ0) is 30.3. The summed E-state index contributed by atoms with van der Waals surface area (Å²) in [6, 6.07) is 15.0. The fourth-order valence-electron chi connectivity index (χ4n) is 5.59. The summed E-state index contributed by atoms with van der Waals surface area (Å²) in [6.07, 6.45) is -2.70. The lowest BCUT2D eigenvalue weighted by Crippen LogP contribution is -2.44. The number of nitrogens with zero attached hydrogens (tertiary/aromatic N) is 5. The zero-order valence-electron chi connectivity index (χ0n) is 23.7. The van der Waals surface area contributed by atoms with E-state index < -0.39 is 17.8 Å². The Bertz CT molecular complexity index is 1830. The third kappa shape index (κ3) is 5.71. The van der Waals surface area contributed by atoms with Gasteiger partial charge in [-0.1, -0.05) is 36.4 Å². The van der Waals surface area contributed by atoms with E-state index in [0.29, 0.717) is 17.2 Å². The topological polar surface area (TPSA) is 104 Å². The van der Waals surface area contributed by atoms with Crippen LogP contribution in [0.15, 0.2) is 66.9 Å². The molecule has 1 saturated heterocycles. The average Bonchev–Trinajstić information content (AvgIpc) is 3.33. The molecule has 0 unspecified atom stereocenters. The Hall–Kier alpha value is -4.68. The normalized spacial score (nSPS) is 14.8. The van der Waals surface area contributed by atoms with E-state index in [2.05, 4.69) is 36.9 Å². The number of nitrogen functional groups attached to an aromatic ring is 1. The highest BCUT2D eigenvalue weighted by molar-refractivity contribution is 6.10. The number of aromatic nitrogens is 3. The smallest absolute Gasteiger partial charge is 0.382 e. The number of likely N-dealkylation sites (N-methyl/N-ethyl adjacent to an activating group) is 1. The summed E-state index contributed by atoms with van der Waals surface area (Å²) in [5.41, 5.74) is 9.34. The van der Waals surface area contributed by atoms with Crippen LogP contribution in [0.1, 0.15) is 17.1 Å². The van der Waals surface area contributed by atoms with E-state index in [9.17, 15) is 18.0 Å². The predicted octanol–water partition coefficient (Wildman–Crippen LogP) is 5.85. The standard InChI is InChI=1S/C31H31F3N8O/c1-19-37-27(28-29(35)36-17-22(42(19)28)18-41-14-12-40(2)13-15-41)25-10-11-26(24-9-4-3-8-23(24)25)39-30(43)38-21-7-5-6-20(16-21)31(32,33)34/h3-11,16-17H,12-15,18H2,1-2H3,(H2,35,36)(H2,38,39,43). The van der Waals surface area contributed by atoms with Crippen molar-refractivity contribution in [3.63, 3.8) is 0 Å². The molecule has 12 heteroatoms. The van der Waals surface area contributed by atoms with Gasteiger partial charge in [-0.05, 0) is 43.6 Å². The molecule has 0 bridgehead atoms. The third-order valence-corrected chi connectivity index (χ3v) is 7.78. The summed E-state index contributed by atoms with van der Waals surface area (Å²) < 4.78 is 41.4. The van der Waals surface area contributed by atoms with Gasteiger partial charge in [-0.25, -0.2) is 14.8 Å². The number of aryl methyl sites for hydroxylation is 1. The number of nitrogens with one attached hydrogen (secondary N) is 2. The molecule has 3 heterocycles. The lowest BCUT2D eigenvalue weighted by atomic mass is 10.00. The highest BCUT2D eigenvalue weighted by atomic mass is 19.4. The summed E-state index contributed by atoms with van der Waals surface area (Å²) >= 11 is 0. The Balaban J connectivity index is 1.33. The first-order chi connectivity index (χ1) is 20.6. The van der Waals surface area contributed by atoms with Crippen LogP contribution in [0, 0.1) is 6.92 Å². The van der Waals surface area contributed by atoms with Crippen molar-refractivity contribution >= 4 is 39.5 Å². The van der Waals surface area contributed by atoms with Crippen LogP contribution in [0.2, 0.25) is 0 Å². The molecule has 0 atom stereocenters. The monoisotopic (exact) mass is 588 g/mol. The largest absolute Gasteiger partial charge is 0.416 e. The Morgan fingerprint density at radius 3 is 2.47 bits per heavy atom. The number of hydrogen-bond donors (Lipinski definition) is 3. The molecule has 1 fully saturated rings. The zero-order valence-corrected chi connectivity index (χ0v) is 23.7. The number of fused-ring (bicyclic) bond motifs is 2. The van der Waals surface area contributed by atoms with E-state index in [-0.39, 0.29) is 5.69 Å². The second-order valence-corrected chi connectivity index (χ2v) is 10.8. The molecule has 0 radical (unpaired) electrons. The Morgan fingerprint density at radius 2 is 1.72 bits per heavy atom. The molecule has 0 spiro atoms.